The number of carbonyl (C=O) groups excluding carboxylic acids is 1. The molecule has 0 spiro atoms. The molecule has 142 valence electrons. The Bertz CT molecular complexity index is 533. The van der Waals surface area contributed by atoms with E-state index in [1.54, 1.807) is 0 Å². The van der Waals surface area contributed by atoms with Crippen LogP contribution in [-0.2, 0) is 4.79 Å². The summed E-state index contributed by atoms with van der Waals surface area (Å²) in [5.74, 6) is 2.17. The van der Waals surface area contributed by atoms with Crippen molar-refractivity contribution in [2.45, 2.75) is 96.2 Å². The van der Waals surface area contributed by atoms with Crippen LogP contribution < -0.4 is 0 Å². The number of fused-ring (bicyclic) bond motifs is 5. The fourth-order valence-electron chi connectivity index (χ4n) is 8.05. The van der Waals surface area contributed by atoms with Crippen molar-refractivity contribution >= 4 is 6.29 Å². The Morgan fingerprint density at radius 2 is 1.80 bits per heavy atom. The second kappa shape index (κ2) is 6.05. The van der Waals surface area contributed by atoms with Gasteiger partial charge in [-0.3, -0.25) is 0 Å². The van der Waals surface area contributed by atoms with Gasteiger partial charge in [-0.25, -0.2) is 0 Å². The molecular formula is C22H36O3. The predicted molar refractivity (Wildman–Crippen MR) is 98.0 cm³/mol. The normalized spacial score (nSPS) is 55.1. The Morgan fingerprint density at radius 1 is 1.00 bits per heavy atom. The molecular weight excluding hydrogens is 312 g/mol. The zero-order valence-corrected chi connectivity index (χ0v) is 16.0. The second-order valence-corrected chi connectivity index (χ2v) is 10.3. The third-order valence-electron chi connectivity index (χ3n) is 9.65. The molecule has 4 aliphatic rings. The standard InChI is InChI=1S/C22H36O3/c1-20-10-8-17(24)14-16(20)5-6-19-18(20)9-11-21(2)15(4-3-13-23)7-12-22(19,21)25/h13,15-19,24-25H,3-12,14H2,1-2H3/t15-,16+,17-,18-,19+,20-,21+,22-/m0/s1. The molecule has 0 radical (unpaired) electrons. The summed E-state index contributed by atoms with van der Waals surface area (Å²) >= 11 is 0. The van der Waals surface area contributed by atoms with Gasteiger partial charge in [0.2, 0.25) is 0 Å². The average Bonchev–Trinajstić information content (AvgIpc) is 2.85. The van der Waals surface area contributed by atoms with E-state index in [-0.39, 0.29) is 11.5 Å². The lowest BCUT2D eigenvalue weighted by Crippen LogP contribution is -2.62. The van der Waals surface area contributed by atoms with Crippen molar-refractivity contribution in [2.75, 3.05) is 0 Å². The summed E-state index contributed by atoms with van der Waals surface area (Å²) in [5, 5.41) is 22.1. The molecule has 0 bridgehead atoms. The summed E-state index contributed by atoms with van der Waals surface area (Å²) in [4.78, 5) is 10.9. The summed E-state index contributed by atoms with van der Waals surface area (Å²) in [6.07, 6.45) is 12.2. The largest absolute Gasteiger partial charge is 0.393 e. The van der Waals surface area contributed by atoms with Gasteiger partial charge in [0.1, 0.15) is 6.29 Å². The maximum absolute atomic E-state index is 12.0. The van der Waals surface area contributed by atoms with Gasteiger partial charge in [0, 0.05) is 6.42 Å². The van der Waals surface area contributed by atoms with E-state index in [1.807, 2.05) is 0 Å². The summed E-state index contributed by atoms with van der Waals surface area (Å²) < 4.78 is 0. The van der Waals surface area contributed by atoms with E-state index in [1.165, 1.54) is 12.8 Å². The Morgan fingerprint density at radius 3 is 2.56 bits per heavy atom. The smallest absolute Gasteiger partial charge is 0.120 e. The highest BCUT2D eigenvalue weighted by Crippen LogP contribution is 2.69. The highest BCUT2D eigenvalue weighted by molar-refractivity contribution is 5.49. The van der Waals surface area contributed by atoms with Gasteiger partial charge in [-0.15, -0.1) is 0 Å². The quantitative estimate of drug-likeness (QED) is 0.755. The molecule has 0 aromatic heterocycles. The van der Waals surface area contributed by atoms with E-state index in [0.29, 0.717) is 35.5 Å². The van der Waals surface area contributed by atoms with Crippen LogP contribution in [0.25, 0.3) is 0 Å². The van der Waals surface area contributed by atoms with E-state index in [0.717, 1.165) is 57.7 Å². The number of aliphatic hydroxyl groups excluding tert-OH is 1. The van der Waals surface area contributed by atoms with E-state index in [2.05, 4.69) is 13.8 Å². The van der Waals surface area contributed by atoms with Crippen LogP contribution in [-0.4, -0.2) is 28.2 Å². The van der Waals surface area contributed by atoms with Gasteiger partial charge in [-0.05, 0) is 98.7 Å². The van der Waals surface area contributed by atoms with Crippen molar-refractivity contribution in [3.05, 3.63) is 0 Å². The average molecular weight is 349 g/mol. The first-order valence-electron chi connectivity index (χ1n) is 10.7. The minimum atomic E-state index is -0.534. The van der Waals surface area contributed by atoms with E-state index in [4.69, 9.17) is 0 Å². The van der Waals surface area contributed by atoms with E-state index >= 15 is 0 Å². The number of hydrogen-bond acceptors (Lipinski definition) is 3. The van der Waals surface area contributed by atoms with E-state index < -0.39 is 5.60 Å². The van der Waals surface area contributed by atoms with Crippen LogP contribution >= 0.6 is 0 Å². The molecule has 8 atom stereocenters. The molecule has 4 aliphatic carbocycles. The highest BCUT2D eigenvalue weighted by Gasteiger charge is 2.66. The van der Waals surface area contributed by atoms with Gasteiger partial charge < -0.3 is 15.0 Å². The zero-order chi connectivity index (χ0) is 17.9. The van der Waals surface area contributed by atoms with Gasteiger partial charge in [0.15, 0.2) is 0 Å². The molecule has 0 aliphatic heterocycles. The maximum atomic E-state index is 12.0. The molecule has 0 aromatic carbocycles. The first-order chi connectivity index (χ1) is 11.8. The van der Waals surface area contributed by atoms with E-state index in [9.17, 15) is 15.0 Å². The molecule has 25 heavy (non-hydrogen) atoms. The number of aldehydes is 1. The minimum absolute atomic E-state index is 0.00540. The summed E-state index contributed by atoms with van der Waals surface area (Å²) in [6.45, 7) is 4.79. The van der Waals surface area contributed by atoms with Crippen molar-refractivity contribution in [1.82, 2.24) is 0 Å². The van der Waals surface area contributed by atoms with Crippen LogP contribution in [0, 0.1) is 34.5 Å². The molecule has 0 aromatic rings. The SMILES string of the molecule is C[C@]12CC[C@H](O)C[C@H]1CC[C@@H]1[C@@H]2CC[C@]2(C)[C@@H](CCC=O)CC[C@]12O. The molecule has 4 rings (SSSR count). The Labute approximate surface area is 152 Å². The molecule has 4 fully saturated rings. The third kappa shape index (κ3) is 2.41. The Balaban J connectivity index is 1.61. The summed E-state index contributed by atoms with van der Waals surface area (Å²) in [6, 6.07) is 0. The summed E-state index contributed by atoms with van der Waals surface area (Å²) in [7, 11) is 0. The van der Waals surface area contributed by atoms with Gasteiger partial charge >= 0.3 is 0 Å². The lowest BCUT2D eigenvalue weighted by atomic mass is 9.43. The molecule has 4 saturated carbocycles. The van der Waals surface area contributed by atoms with Gasteiger partial charge in [0.05, 0.1) is 11.7 Å². The number of rotatable bonds is 3. The number of hydrogen-bond donors (Lipinski definition) is 2. The highest BCUT2D eigenvalue weighted by atomic mass is 16.3. The van der Waals surface area contributed by atoms with Crippen molar-refractivity contribution in [2.24, 2.45) is 34.5 Å². The fraction of sp³-hybridized carbons (Fsp3) is 0.955. The first-order valence-corrected chi connectivity index (χ1v) is 10.7. The zero-order valence-electron chi connectivity index (χ0n) is 16.0. The molecule has 3 nitrogen and oxygen atoms in total. The molecule has 0 amide bonds. The Hall–Kier alpha value is -0.410. The van der Waals surface area contributed by atoms with Crippen LogP contribution in [0.4, 0.5) is 0 Å². The van der Waals surface area contributed by atoms with Gasteiger partial charge in [-0.2, -0.15) is 0 Å². The third-order valence-corrected chi connectivity index (χ3v) is 9.65. The monoisotopic (exact) mass is 348 g/mol. The minimum Gasteiger partial charge on any atom is -0.393 e. The topological polar surface area (TPSA) is 57.5 Å². The van der Waals surface area contributed by atoms with Crippen molar-refractivity contribution in [3.63, 3.8) is 0 Å². The molecule has 0 unspecified atom stereocenters. The summed E-state index contributed by atoms with van der Waals surface area (Å²) in [5.41, 5.74) is -0.234. The van der Waals surface area contributed by atoms with Crippen LogP contribution in [0.15, 0.2) is 0 Å². The van der Waals surface area contributed by atoms with Crippen LogP contribution in [0.1, 0.15) is 84.5 Å². The van der Waals surface area contributed by atoms with Crippen LogP contribution in [0.5, 0.6) is 0 Å². The maximum Gasteiger partial charge on any atom is 0.120 e. The van der Waals surface area contributed by atoms with Gasteiger partial charge in [-0.1, -0.05) is 13.8 Å². The first kappa shape index (κ1) is 18.0. The van der Waals surface area contributed by atoms with Crippen molar-refractivity contribution < 1.29 is 15.0 Å². The lowest BCUT2D eigenvalue weighted by molar-refractivity contribution is -0.210. The van der Waals surface area contributed by atoms with Crippen LogP contribution in [0.3, 0.4) is 0 Å². The molecule has 2 N–H and O–H groups in total. The predicted octanol–water partition coefficient (Wildman–Crippen LogP) is 4.10. The molecule has 0 heterocycles. The number of aliphatic hydroxyl groups is 2. The number of carbonyl (C=O) groups is 1. The second-order valence-electron chi connectivity index (χ2n) is 10.3. The van der Waals surface area contributed by atoms with Gasteiger partial charge in [0.25, 0.3) is 0 Å². The Kier molecular flexibility index (Phi) is 4.35. The fourth-order valence-corrected chi connectivity index (χ4v) is 8.05. The molecule has 0 saturated heterocycles. The van der Waals surface area contributed by atoms with Crippen molar-refractivity contribution in [1.29, 1.82) is 0 Å². The molecule has 3 heteroatoms. The van der Waals surface area contributed by atoms with Crippen molar-refractivity contribution in [3.8, 4) is 0 Å². The lowest BCUT2D eigenvalue weighted by Gasteiger charge is -2.63. The van der Waals surface area contributed by atoms with Crippen LogP contribution in [0.2, 0.25) is 0 Å².